The molecule has 1 nitrogen and oxygen atoms in total. The molecule has 2 rings (SSSR count). The third-order valence-electron chi connectivity index (χ3n) is 2.34. The highest BCUT2D eigenvalue weighted by atomic mass is 15.1. The number of rotatable bonds is 0. The zero-order valence-corrected chi connectivity index (χ0v) is 6.88. The smallest absolute Gasteiger partial charge is 0.0396 e. The van der Waals surface area contributed by atoms with Gasteiger partial charge in [0.1, 0.15) is 0 Å². The summed E-state index contributed by atoms with van der Waals surface area (Å²) < 4.78 is 0. The van der Waals surface area contributed by atoms with Gasteiger partial charge >= 0.3 is 0 Å². The lowest BCUT2D eigenvalue weighted by Gasteiger charge is -2.26. The van der Waals surface area contributed by atoms with E-state index in [4.69, 9.17) is 0 Å². The quantitative estimate of drug-likeness (QED) is 0.568. The van der Waals surface area contributed by atoms with Crippen molar-refractivity contribution in [3.8, 4) is 0 Å². The van der Waals surface area contributed by atoms with Crippen molar-refractivity contribution in [2.75, 3.05) is 18.5 Å². The molecule has 0 aliphatic carbocycles. The van der Waals surface area contributed by atoms with Crippen molar-refractivity contribution in [1.29, 1.82) is 0 Å². The molecule has 0 unspecified atom stereocenters. The molecule has 1 aliphatic heterocycles. The van der Waals surface area contributed by atoms with E-state index in [-0.39, 0.29) is 7.43 Å². The van der Waals surface area contributed by atoms with Gasteiger partial charge in [-0.15, -0.1) is 0 Å². The Balaban J connectivity index is 0.000000720. The summed E-state index contributed by atoms with van der Waals surface area (Å²) in [5.41, 5.74) is 2.92. The zero-order chi connectivity index (χ0) is 7.68. The Labute approximate surface area is 75.0 Å². The average molecular weight is 163 g/mol. The van der Waals surface area contributed by atoms with Gasteiger partial charge in [0.25, 0.3) is 0 Å². The van der Waals surface area contributed by atoms with Crippen LogP contribution in [0.25, 0.3) is 0 Å². The Hall–Kier alpha value is -0.980. The van der Waals surface area contributed by atoms with Crippen LogP contribution in [0.2, 0.25) is 0 Å². The third kappa shape index (κ3) is 1.45. The van der Waals surface area contributed by atoms with Gasteiger partial charge in [0.15, 0.2) is 0 Å². The second-order valence-corrected chi connectivity index (χ2v) is 3.15. The van der Waals surface area contributed by atoms with Crippen LogP contribution in [0.15, 0.2) is 24.3 Å². The van der Waals surface area contributed by atoms with Gasteiger partial charge in [-0.2, -0.15) is 0 Å². The molecule has 0 N–H and O–H groups in total. The molecule has 1 heterocycles. The lowest BCUT2D eigenvalue weighted by atomic mass is 10.0. The summed E-state index contributed by atoms with van der Waals surface area (Å²) in [6.45, 7) is 1.21. The molecule has 1 aliphatic rings. The summed E-state index contributed by atoms with van der Waals surface area (Å²) >= 11 is 0. The van der Waals surface area contributed by atoms with Crippen LogP contribution in [-0.4, -0.2) is 13.6 Å². The predicted molar refractivity (Wildman–Crippen MR) is 54.8 cm³/mol. The van der Waals surface area contributed by atoms with Crippen molar-refractivity contribution in [2.24, 2.45) is 0 Å². The monoisotopic (exact) mass is 163 g/mol. The van der Waals surface area contributed by atoms with Crippen LogP contribution in [0, 0.1) is 0 Å². The molecule has 12 heavy (non-hydrogen) atoms. The molecule has 0 spiro atoms. The third-order valence-corrected chi connectivity index (χ3v) is 2.34. The number of fused-ring (bicyclic) bond motifs is 1. The molecule has 0 aromatic heterocycles. The first-order valence-corrected chi connectivity index (χ1v) is 4.17. The van der Waals surface area contributed by atoms with Crippen LogP contribution < -0.4 is 4.90 Å². The Morgan fingerprint density at radius 2 is 2.00 bits per heavy atom. The van der Waals surface area contributed by atoms with E-state index in [1.165, 1.54) is 30.6 Å². The van der Waals surface area contributed by atoms with Crippen LogP contribution >= 0.6 is 0 Å². The number of para-hydroxylation sites is 1. The number of anilines is 1. The highest BCUT2D eigenvalue weighted by Gasteiger charge is 2.11. The minimum atomic E-state index is 0. The summed E-state index contributed by atoms with van der Waals surface area (Å²) in [4.78, 5) is 2.33. The van der Waals surface area contributed by atoms with E-state index in [2.05, 4.69) is 36.2 Å². The Kier molecular flexibility index (Phi) is 2.74. The predicted octanol–water partition coefficient (Wildman–Crippen LogP) is 2.71. The van der Waals surface area contributed by atoms with E-state index in [1.54, 1.807) is 0 Å². The van der Waals surface area contributed by atoms with E-state index in [9.17, 15) is 0 Å². The second kappa shape index (κ2) is 3.61. The minimum absolute atomic E-state index is 0. The maximum atomic E-state index is 2.33. The highest BCUT2D eigenvalue weighted by molar-refractivity contribution is 5.54. The Bertz CT molecular complexity index is 255. The lowest BCUT2D eigenvalue weighted by Crippen LogP contribution is -2.24. The normalized spacial score (nSPS) is 14.9. The summed E-state index contributed by atoms with van der Waals surface area (Å²) in [5, 5.41) is 0. The molecular weight excluding hydrogens is 146 g/mol. The molecule has 0 saturated carbocycles. The molecule has 1 heteroatoms. The van der Waals surface area contributed by atoms with Crippen molar-refractivity contribution < 1.29 is 0 Å². The van der Waals surface area contributed by atoms with Crippen LogP contribution in [0.3, 0.4) is 0 Å². The van der Waals surface area contributed by atoms with Gasteiger partial charge < -0.3 is 4.90 Å². The van der Waals surface area contributed by atoms with E-state index < -0.39 is 0 Å². The van der Waals surface area contributed by atoms with Gasteiger partial charge in [-0.3, -0.25) is 0 Å². The summed E-state index contributed by atoms with van der Waals surface area (Å²) in [6, 6.07) is 8.66. The summed E-state index contributed by atoms with van der Waals surface area (Å²) in [6.07, 6.45) is 2.55. The summed E-state index contributed by atoms with van der Waals surface area (Å²) in [5.74, 6) is 0. The first-order chi connectivity index (χ1) is 5.38. The van der Waals surface area contributed by atoms with Gasteiger partial charge in [-0.1, -0.05) is 25.6 Å². The first-order valence-electron chi connectivity index (χ1n) is 4.17. The molecular formula is C11H17N. The van der Waals surface area contributed by atoms with E-state index in [0.29, 0.717) is 0 Å². The largest absolute Gasteiger partial charge is 0.374 e. The fourth-order valence-corrected chi connectivity index (χ4v) is 1.72. The van der Waals surface area contributed by atoms with Gasteiger partial charge in [0.2, 0.25) is 0 Å². The van der Waals surface area contributed by atoms with E-state index in [0.717, 1.165) is 0 Å². The average Bonchev–Trinajstić information content (AvgIpc) is 2.06. The Morgan fingerprint density at radius 3 is 2.75 bits per heavy atom. The number of benzene rings is 1. The molecule has 1 aromatic carbocycles. The van der Waals surface area contributed by atoms with Gasteiger partial charge in [-0.25, -0.2) is 0 Å². The van der Waals surface area contributed by atoms with E-state index in [1.807, 2.05) is 0 Å². The van der Waals surface area contributed by atoms with Crippen LogP contribution in [0.4, 0.5) is 5.69 Å². The second-order valence-electron chi connectivity index (χ2n) is 3.15. The van der Waals surface area contributed by atoms with Crippen molar-refractivity contribution in [1.82, 2.24) is 0 Å². The van der Waals surface area contributed by atoms with Gasteiger partial charge in [-0.05, 0) is 24.5 Å². The van der Waals surface area contributed by atoms with Crippen LogP contribution in [-0.2, 0) is 6.42 Å². The van der Waals surface area contributed by atoms with Gasteiger partial charge in [0, 0.05) is 19.3 Å². The number of hydrogen-bond acceptors (Lipinski definition) is 1. The maximum Gasteiger partial charge on any atom is 0.0396 e. The molecule has 0 bridgehead atoms. The maximum absolute atomic E-state index is 2.33. The molecule has 0 saturated heterocycles. The number of hydrogen-bond donors (Lipinski definition) is 0. The lowest BCUT2D eigenvalue weighted by molar-refractivity contribution is 0.744. The minimum Gasteiger partial charge on any atom is -0.374 e. The molecule has 66 valence electrons. The standard InChI is InChI=1S/C10H13N.CH4/c1-11-8-4-6-9-5-2-3-7-10(9)11;/h2-3,5,7H,4,6,8H2,1H3;1H4. The molecule has 1 aromatic rings. The number of aryl methyl sites for hydroxylation is 1. The van der Waals surface area contributed by atoms with Crippen LogP contribution in [0.1, 0.15) is 19.4 Å². The van der Waals surface area contributed by atoms with Crippen LogP contribution in [0.5, 0.6) is 0 Å². The SMILES string of the molecule is C.CN1CCCc2ccccc21. The van der Waals surface area contributed by atoms with Crippen molar-refractivity contribution in [2.45, 2.75) is 20.3 Å². The first kappa shape index (κ1) is 9.11. The van der Waals surface area contributed by atoms with Crippen molar-refractivity contribution in [3.05, 3.63) is 29.8 Å². The van der Waals surface area contributed by atoms with Crippen molar-refractivity contribution >= 4 is 5.69 Å². The fourth-order valence-electron chi connectivity index (χ4n) is 1.72. The molecule has 0 fully saturated rings. The summed E-state index contributed by atoms with van der Waals surface area (Å²) in [7, 11) is 2.16. The van der Waals surface area contributed by atoms with Gasteiger partial charge in [0.05, 0.1) is 0 Å². The fraction of sp³-hybridized carbons (Fsp3) is 0.455. The zero-order valence-electron chi connectivity index (χ0n) is 6.88. The molecule has 0 amide bonds. The van der Waals surface area contributed by atoms with E-state index >= 15 is 0 Å². The highest BCUT2D eigenvalue weighted by Crippen LogP contribution is 2.24. The molecule has 0 radical (unpaired) electrons. The van der Waals surface area contributed by atoms with Crippen molar-refractivity contribution in [3.63, 3.8) is 0 Å². The molecule has 0 atom stereocenters. The Morgan fingerprint density at radius 1 is 1.25 bits per heavy atom. The topological polar surface area (TPSA) is 3.24 Å². The number of nitrogens with zero attached hydrogens (tertiary/aromatic N) is 1.